The third-order valence-electron chi connectivity index (χ3n) is 3.34. The zero-order valence-electron chi connectivity index (χ0n) is 10.9. The van der Waals surface area contributed by atoms with Crippen molar-refractivity contribution in [3.63, 3.8) is 0 Å². The van der Waals surface area contributed by atoms with Gasteiger partial charge in [0, 0.05) is 18.2 Å². The average Bonchev–Trinajstić information content (AvgIpc) is 2.84. The minimum atomic E-state index is -0.328. The molecule has 18 heavy (non-hydrogen) atoms. The molecule has 1 fully saturated rings. The van der Waals surface area contributed by atoms with Crippen LogP contribution in [0.15, 0.2) is 18.2 Å². The van der Waals surface area contributed by atoms with E-state index in [9.17, 15) is 4.39 Å². The molecule has 100 valence electrons. The minimum Gasteiger partial charge on any atom is -0.489 e. The van der Waals surface area contributed by atoms with Gasteiger partial charge in [0.25, 0.3) is 0 Å². The Bertz CT molecular complexity index is 389. The zero-order chi connectivity index (χ0) is 13.0. The summed E-state index contributed by atoms with van der Waals surface area (Å²) >= 11 is 0. The molecule has 0 unspecified atom stereocenters. The molecule has 1 saturated heterocycles. The van der Waals surface area contributed by atoms with E-state index in [1.54, 1.807) is 6.07 Å². The summed E-state index contributed by atoms with van der Waals surface area (Å²) in [5.74, 6) is -0.0158. The van der Waals surface area contributed by atoms with Crippen molar-refractivity contribution in [3.8, 4) is 5.75 Å². The van der Waals surface area contributed by atoms with Gasteiger partial charge >= 0.3 is 0 Å². The largest absolute Gasteiger partial charge is 0.489 e. The lowest BCUT2D eigenvalue weighted by Crippen LogP contribution is -2.25. The smallest absolute Gasteiger partial charge is 0.165 e. The third kappa shape index (κ3) is 3.21. The summed E-state index contributed by atoms with van der Waals surface area (Å²) in [6.07, 6.45) is 2.51. The lowest BCUT2D eigenvalue weighted by atomic mass is 10.1. The summed E-state index contributed by atoms with van der Waals surface area (Å²) in [5.41, 5.74) is 6.55. The van der Waals surface area contributed by atoms with Crippen LogP contribution in [-0.4, -0.2) is 31.1 Å². The second kappa shape index (κ2) is 6.16. The Labute approximate surface area is 108 Å². The predicted molar refractivity (Wildman–Crippen MR) is 70.2 cm³/mol. The molecule has 0 bridgehead atoms. The van der Waals surface area contributed by atoms with Crippen LogP contribution in [0.5, 0.6) is 5.75 Å². The van der Waals surface area contributed by atoms with E-state index in [1.807, 2.05) is 13.0 Å². The van der Waals surface area contributed by atoms with Gasteiger partial charge in [0.05, 0.1) is 0 Å². The van der Waals surface area contributed by atoms with Crippen LogP contribution in [0.25, 0.3) is 0 Å². The molecule has 0 saturated carbocycles. The minimum absolute atomic E-state index is 0.220. The van der Waals surface area contributed by atoms with E-state index in [1.165, 1.54) is 18.9 Å². The monoisotopic (exact) mass is 252 g/mol. The number of likely N-dealkylation sites (tertiary alicyclic amines) is 1. The van der Waals surface area contributed by atoms with E-state index in [0.717, 1.165) is 25.2 Å². The van der Waals surface area contributed by atoms with Crippen molar-refractivity contribution in [2.24, 2.45) is 5.73 Å². The van der Waals surface area contributed by atoms with Crippen LogP contribution in [0.4, 0.5) is 4.39 Å². The molecule has 1 atom stereocenters. The van der Waals surface area contributed by atoms with Crippen LogP contribution in [0, 0.1) is 5.82 Å². The van der Waals surface area contributed by atoms with Crippen LogP contribution in [-0.2, 0) is 0 Å². The Morgan fingerprint density at radius 3 is 2.78 bits per heavy atom. The van der Waals surface area contributed by atoms with Gasteiger partial charge in [0.1, 0.15) is 6.61 Å². The van der Waals surface area contributed by atoms with E-state index in [-0.39, 0.29) is 11.9 Å². The maximum Gasteiger partial charge on any atom is 0.165 e. The highest BCUT2D eigenvalue weighted by atomic mass is 19.1. The van der Waals surface area contributed by atoms with Gasteiger partial charge in [-0.3, -0.25) is 4.90 Å². The molecule has 0 aromatic heterocycles. The summed E-state index contributed by atoms with van der Waals surface area (Å²) in [6, 6.07) is 4.68. The number of benzene rings is 1. The molecule has 2 rings (SSSR count). The number of ether oxygens (including phenoxy) is 1. The van der Waals surface area contributed by atoms with Crippen LogP contribution in [0.3, 0.4) is 0 Å². The highest BCUT2D eigenvalue weighted by molar-refractivity contribution is 5.36. The number of nitrogens with two attached hydrogens (primary N) is 1. The highest BCUT2D eigenvalue weighted by Gasteiger charge is 2.15. The van der Waals surface area contributed by atoms with E-state index >= 15 is 0 Å². The summed E-state index contributed by atoms with van der Waals surface area (Å²) in [7, 11) is 0. The molecule has 1 aromatic carbocycles. The molecule has 4 heteroatoms. The fourth-order valence-corrected chi connectivity index (χ4v) is 2.32. The van der Waals surface area contributed by atoms with Crippen molar-refractivity contribution < 1.29 is 9.13 Å². The van der Waals surface area contributed by atoms with Gasteiger partial charge in [-0.25, -0.2) is 4.39 Å². The molecule has 3 nitrogen and oxygen atoms in total. The molecule has 0 aliphatic carbocycles. The lowest BCUT2D eigenvalue weighted by molar-refractivity contribution is 0.229. The zero-order valence-corrected chi connectivity index (χ0v) is 10.9. The Kier molecular flexibility index (Phi) is 4.55. The number of nitrogens with zero attached hydrogens (tertiary/aromatic N) is 1. The molecular formula is C14H21FN2O. The first-order chi connectivity index (χ1) is 8.68. The molecule has 1 aromatic rings. The number of rotatable bonds is 5. The normalized spacial score (nSPS) is 17.9. The van der Waals surface area contributed by atoms with Gasteiger partial charge in [0.2, 0.25) is 0 Å². The number of hydrogen-bond donors (Lipinski definition) is 1. The topological polar surface area (TPSA) is 38.5 Å². The Balaban J connectivity index is 1.95. The predicted octanol–water partition coefficient (Wildman–Crippen LogP) is 2.32. The first-order valence-corrected chi connectivity index (χ1v) is 6.57. The van der Waals surface area contributed by atoms with Crippen molar-refractivity contribution in [2.75, 3.05) is 26.2 Å². The second-order valence-corrected chi connectivity index (χ2v) is 4.84. The first-order valence-electron chi connectivity index (χ1n) is 6.57. The maximum atomic E-state index is 13.7. The van der Waals surface area contributed by atoms with Crippen molar-refractivity contribution in [1.82, 2.24) is 4.90 Å². The van der Waals surface area contributed by atoms with Crippen molar-refractivity contribution in [1.29, 1.82) is 0 Å². The summed E-state index contributed by atoms with van der Waals surface area (Å²) in [6.45, 7) is 5.46. The molecule has 0 radical (unpaired) electrons. The van der Waals surface area contributed by atoms with E-state index in [0.29, 0.717) is 12.4 Å². The van der Waals surface area contributed by atoms with Crippen LogP contribution in [0.1, 0.15) is 31.4 Å². The van der Waals surface area contributed by atoms with Crippen molar-refractivity contribution in [2.45, 2.75) is 25.8 Å². The van der Waals surface area contributed by atoms with Crippen LogP contribution in [0.2, 0.25) is 0 Å². The molecule has 2 N–H and O–H groups in total. The van der Waals surface area contributed by atoms with E-state index in [2.05, 4.69) is 4.90 Å². The summed E-state index contributed by atoms with van der Waals surface area (Å²) in [5, 5.41) is 0. The molecule has 1 aliphatic rings. The summed E-state index contributed by atoms with van der Waals surface area (Å²) < 4.78 is 19.3. The van der Waals surface area contributed by atoms with Gasteiger partial charge in [-0.2, -0.15) is 0 Å². The Morgan fingerprint density at radius 2 is 2.11 bits per heavy atom. The van der Waals surface area contributed by atoms with Crippen LogP contribution >= 0.6 is 0 Å². The SMILES string of the molecule is C[C@@H](N)c1cccc(F)c1OCCN1CCCC1. The molecule has 0 spiro atoms. The fraction of sp³-hybridized carbons (Fsp3) is 0.571. The molecule has 1 aliphatic heterocycles. The number of para-hydroxylation sites is 1. The standard InChI is InChI=1S/C14H21FN2O/c1-11(16)12-5-4-6-13(15)14(12)18-10-9-17-7-2-3-8-17/h4-6,11H,2-3,7-10,16H2,1H3/t11-/m1/s1. The van der Waals surface area contributed by atoms with Crippen LogP contribution < -0.4 is 10.5 Å². The van der Waals surface area contributed by atoms with Gasteiger partial charge < -0.3 is 10.5 Å². The third-order valence-corrected chi connectivity index (χ3v) is 3.34. The van der Waals surface area contributed by atoms with Gasteiger partial charge in [-0.15, -0.1) is 0 Å². The van der Waals surface area contributed by atoms with Gasteiger partial charge in [-0.05, 0) is 38.9 Å². The molecule has 0 amide bonds. The lowest BCUT2D eigenvalue weighted by Gasteiger charge is -2.18. The number of hydrogen-bond acceptors (Lipinski definition) is 3. The van der Waals surface area contributed by atoms with Crippen molar-refractivity contribution in [3.05, 3.63) is 29.6 Å². The van der Waals surface area contributed by atoms with E-state index in [4.69, 9.17) is 10.5 Å². The second-order valence-electron chi connectivity index (χ2n) is 4.84. The maximum absolute atomic E-state index is 13.7. The van der Waals surface area contributed by atoms with Gasteiger partial charge in [0.15, 0.2) is 11.6 Å². The van der Waals surface area contributed by atoms with Crippen molar-refractivity contribution >= 4 is 0 Å². The first kappa shape index (κ1) is 13.3. The Morgan fingerprint density at radius 1 is 1.39 bits per heavy atom. The molecule has 1 heterocycles. The average molecular weight is 252 g/mol. The Hall–Kier alpha value is -1.13. The highest BCUT2D eigenvalue weighted by Crippen LogP contribution is 2.26. The van der Waals surface area contributed by atoms with Gasteiger partial charge in [-0.1, -0.05) is 12.1 Å². The quantitative estimate of drug-likeness (QED) is 0.874. The molecular weight excluding hydrogens is 231 g/mol. The number of halogens is 1. The van der Waals surface area contributed by atoms with E-state index < -0.39 is 0 Å². The fourth-order valence-electron chi connectivity index (χ4n) is 2.32. The summed E-state index contributed by atoms with van der Waals surface area (Å²) in [4.78, 5) is 2.34.